The molecule has 1 atom stereocenters. The summed E-state index contributed by atoms with van der Waals surface area (Å²) in [5.41, 5.74) is 0. The van der Waals surface area contributed by atoms with Gasteiger partial charge in [-0.15, -0.1) is 0 Å². The van der Waals surface area contributed by atoms with Gasteiger partial charge in [-0.2, -0.15) is 0 Å². The van der Waals surface area contributed by atoms with Crippen molar-refractivity contribution in [2.24, 2.45) is 0 Å². The van der Waals surface area contributed by atoms with Gasteiger partial charge >= 0.3 is 0 Å². The van der Waals surface area contributed by atoms with Crippen molar-refractivity contribution in [3.8, 4) is 0 Å². The maximum Gasteiger partial charge on any atom is 0.240 e. The van der Waals surface area contributed by atoms with Gasteiger partial charge in [0.05, 0.1) is 4.90 Å². The highest BCUT2D eigenvalue weighted by molar-refractivity contribution is 7.89. The molecule has 1 fully saturated rings. The predicted molar refractivity (Wildman–Crippen MR) is 84.9 cm³/mol. The van der Waals surface area contributed by atoms with Crippen molar-refractivity contribution >= 4 is 15.9 Å². The average molecular weight is 325 g/mol. The van der Waals surface area contributed by atoms with Crippen LogP contribution in [0.1, 0.15) is 19.3 Å². The van der Waals surface area contributed by atoms with E-state index in [1.807, 2.05) is 11.9 Å². The Morgan fingerprint density at radius 3 is 2.73 bits per heavy atom. The second-order valence-electron chi connectivity index (χ2n) is 5.43. The highest BCUT2D eigenvalue weighted by Gasteiger charge is 2.22. The molecule has 2 rings (SSSR count). The smallest absolute Gasteiger partial charge is 0.240 e. The molecule has 22 heavy (non-hydrogen) atoms. The van der Waals surface area contributed by atoms with Crippen LogP contribution < -0.4 is 10.0 Å². The van der Waals surface area contributed by atoms with E-state index in [4.69, 9.17) is 0 Å². The summed E-state index contributed by atoms with van der Waals surface area (Å²) < 4.78 is 26.6. The Labute approximate surface area is 131 Å². The lowest BCUT2D eigenvalue weighted by molar-refractivity contribution is -0.132. The predicted octanol–water partition coefficient (Wildman–Crippen LogP) is 0.565. The third kappa shape index (κ3) is 4.53. The molecule has 1 aromatic rings. The van der Waals surface area contributed by atoms with Crippen LogP contribution in [0.3, 0.4) is 0 Å². The molecular weight excluding hydrogens is 302 g/mol. The second kappa shape index (κ2) is 7.71. The summed E-state index contributed by atoms with van der Waals surface area (Å²) in [4.78, 5) is 14.2. The van der Waals surface area contributed by atoms with Crippen molar-refractivity contribution in [3.05, 3.63) is 30.3 Å². The van der Waals surface area contributed by atoms with Crippen molar-refractivity contribution in [2.75, 3.05) is 26.7 Å². The van der Waals surface area contributed by atoms with Crippen LogP contribution in [0.5, 0.6) is 0 Å². The van der Waals surface area contributed by atoms with E-state index in [1.54, 1.807) is 18.2 Å². The molecule has 0 saturated carbocycles. The number of carbonyl (C=O) groups is 1. The SMILES string of the molecule is CNC1CCCN(C(=O)CCNS(=O)(=O)c2ccccc2)C1. The maximum atomic E-state index is 12.1. The van der Waals surface area contributed by atoms with Gasteiger partial charge in [-0.05, 0) is 32.0 Å². The second-order valence-corrected chi connectivity index (χ2v) is 7.20. The third-order valence-corrected chi connectivity index (χ3v) is 5.34. The molecule has 1 unspecified atom stereocenters. The highest BCUT2D eigenvalue weighted by atomic mass is 32.2. The summed E-state index contributed by atoms with van der Waals surface area (Å²) in [5.74, 6) is -0.00397. The van der Waals surface area contributed by atoms with Gasteiger partial charge in [-0.25, -0.2) is 13.1 Å². The van der Waals surface area contributed by atoms with Gasteiger partial charge in [0.15, 0.2) is 0 Å². The number of hydrogen-bond acceptors (Lipinski definition) is 4. The lowest BCUT2D eigenvalue weighted by Crippen LogP contribution is -2.47. The molecule has 0 radical (unpaired) electrons. The van der Waals surface area contributed by atoms with Crippen molar-refractivity contribution in [2.45, 2.75) is 30.2 Å². The average Bonchev–Trinajstić information content (AvgIpc) is 2.55. The number of benzene rings is 1. The van der Waals surface area contributed by atoms with Crippen molar-refractivity contribution in [1.82, 2.24) is 14.9 Å². The first kappa shape index (κ1) is 16.9. The number of nitrogens with zero attached hydrogens (tertiary/aromatic N) is 1. The molecule has 1 aliphatic rings. The summed E-state index contributed by atoms with van der Waals surface area (Å²) in [5, 5.41) is 3.19. The van der Waals surface area contributed by atoms with E-state index in [0.717, 1.165) is 19.4 Å². The topological polar surface area (TPSA) is 78.5 Å². The van der Waals surface area contributed by atoms with Gasteiger partial charge in [0, 0.05) is 32.1 Å². The lowest BCUT2D eigenvalue weighted by atomic mass is 10.1. The van der Waals surface area contributed by atoms with E-state index in [0.29, 0.717) is 12.6 Å². The number of sulfonamides is 1. The van der Waals surface area contributed by atoms with E-state index in [2.05, 4.69) is 10.0 Å². The monoisotopic (exact) mass is 325 g/mol. The fourth-order valence-corrected chi connectivity index (χ4v) is 3.63. The van der Waals surface area contributed by atoms with Crippen LogP contribution in [-0.4, -0.2) is 51.9 Å². The first-order chi connectivity index (χ1) is 10.5. The number of nitrogens with one attached hydrogen (secondary N) is 2. The normalized spacial score (nSPS) is 19.1. The molecule has 1 amide bonds. The first-order valence-corrected chi connectivity index (χ1v) is 9.01. The number of piperidine rings is 1. The fraction of sp³-hybridized carbons (Fsp3) is 0.533. The van der Waals surface area contributed by atoms with E-state index in [1.165, 1.54) is 12.1 Å². The quantitative estimate of drug-likeness (QED) is 0.801. The molecule has 0 aliphatic carbocycles. The summed E-state index contributed by atoms with van der Waals surface area (Å²) in [7, 11) is -1.64. The van der Waals surface area contributed by atoms with E-state index in [-0.39, 0.29) is 23.8 Å². The number of amides is 1. The highest BCUT2D eigenvalue weighted by Crippen LogP contribution is 2.11. The third-order valence-electron chi connectivity index (χ3n) is 3.87. The van der Waals surface area contributed by atoms with Gasteiger partial charge in [0.25, 0.3) is 0 Å². The molecular formula is C15H23N3O3S. The summed E-state index contributed by atoms with van der Waals surface area (Å²) >= 11 is 0. The van der Waals surface area contributed by atoms with Gasteiger partial charge < -0.3 is 10.2 Å². The number of likely N-dealkylation sites (N-methyl/N-ethyl adjacent to an activating group) is 1. The van der Waals surface area contributed by atoms with Crippen LogP contribution in [0, 0.1) is 0 Å². The van der Waals surface area contributed by atoms with E-state index in [9.17, 15) is 13.2 Å². The molecule has 1 aliphatic heterocycles. The Balaban J connectivity index is 1.82. The zero-order valence-corrected chi connectivity index (χ0v) is 13.6. The number of carbonyl (C=O) groups excluding carboxylic acids is 1. The fourth-order valence-electron chi connectivity index (χ4n) is 2.57. The van der Waals surface area contributed by atoms with E-state index < -0.39 is 10.0 Å². The Hall–Kier alpha value is -1.44. The molecule has 2 N–H and O–H groups in total. The lowest BCUT2D eigenvalue weighted by Gasteiger charge is -2.32. The largest absolute Gasteiger partial charge is 0.341 e. The van der Waals surface area contributed by atoms with Crippen LogP contribution in [-0.2, 0) is 14.8 Å². The van der Waals surface area contributed by atoms with Crippen LogP contribution in [0.2, 0.25) is 0 Å². The number of rotatable bonds is 6. The van der Waals surface area contributed by atoms with Gasteiger partial charge in [-0.1, -0.05) is 18.2 Å². The van der Waals surface area contributed by atoms with Crippen LogP contribution >= 0.6 is 0 Å². The molecule has 6 nitrogen and oxygen atoms in total. The maximum absolute atomic E-state index is 12.1. The van der Waals surface area contributed by atoms with Crippen LogP contribution in [0.15, 0.2) is 35.2 Å². The first-order valence-electron chi connectivity index (χ1n) is 7.52. The van der Waals surface area contributed by atoms with Gasteiger partial charge in [0.1, 0.15) is 0 Å². The van der Waals surface area contributed by atoms with Crippen LogP contribution in [0.25, 0.3) is 0 Å². The summed E-state index contributed by atoms with van der Waals surface area (Å²) in [6, 6.07) is 8.51. The van der Waals surface area contributed by atoms with Gasteiger partial charge in [-0.3, -0.25) is 4.79 Å². The Morgan fingerprint density at radius 1 is 1.32 bits per heavy atom. The molecule has 0 aromatic heterocycles. The minimum absolute atomic E-state index is 0.00397. The molecule has 1 heterocycles. The molecule has 0 bridgehead atoms. The Kier molecular flexibility index (Phi) is 5.93. The molecule has 7 heteroatoms. The van der Waals surface area contributed by atoms with Gasteiger partial charge in [0.2, 0.25) is 15.9 Å². The molecule has 1 saturated heterocycles. The number of likely N-dealkylation sites (tertiary alicyclic amines) is 1. The zero-order valence-electron chi connectivity index (χ0n) is 12.8. The Bertz CT molecular complexity index is 589. The van der Waals surface area contributed by atoms with Crippen LogP contribution in [0.4, 0.5) is 0 Å². The summed E-state index contributed by atoms with van der Waals surface area (Å²) in [6.45, 7) is 1.57. The molecule has 0 spiro atoms. The number of hydrogen-bond donors (Lipinski definition) is 2. The molecule has 122 valence electrons. The van der Waals surface area contributed by atoms with Crippen molar-refractivity contribution in [3.63, 3.8) is 0 Å². The van der Waals surface area contributed by atoms with E-state index >= 15 is 0 Å². The minimum atomic E-state index is -3.54. The van der Waals surface area contributed by atoms with Crippen molar-refractivity contribution < 1.29 is 13.2 Å². The summed E-state index contributed by atoms with van der Waals surface area (Å²) in [6.07, 6.45) is 2.23. The van der Waals surface area contributed by atoms with Crippen molar-refractivity contribution in [1.29, 1.82) is 0 Å². The molecule has 1 aromatic carbocycles. The Morgan fingerprint density at radius 2 is 2.05 bits per heavy atom. The minimum Gasteiger partial charge on any atom is -0.341 e. The zero-order chi connectivity index (χ0) is 16.0. The standard InChI is InChI=1S/C15H23N3O3S/c1-16-13-6-5-11-18(12-13)15(19)9-10-17-22(20,21)14-7-3-2-4-8-14/h2-4,7-8,13,16-17H,5-6,9-12H2,1H3.